The molecule has 0 aliphatic carbocycles. The highest BCUT2D eigenvalue weighted by Gasteiger charge is 2.15. The largest absolute Gasteiger partial charge is 0.462 e. The Balaban J connectivity index is 3.70. The maximum atomic E-state index is 12.1. The lowest BCUT2D eigenvalue weighted by Crippen LogP contribution is -2.28. The molecule has 0 fully saturated rings. The molecule has 0 aliphatic heterocycles. The van der Waals surface area contributed by atoms with Gasteiger partial charge < -0.3 is 14.6 Å². The van der Waals surface area contributed by atoms with Gasteiger partial charge >= 0.3 is 11.9 Å². The van der Waals surface area contributed by atoms with Crippen LogP contribution in [0.1, 0.15) is 129 Å². The first-order chi connectivity index (χ1) is 22.6. The third-order valence-electron chi connectivity index (χ3n) is 7.00. The first-order valence-corrected chi connectivity index (χ1v) is 17.9. The van der Waals surface area contributed by atoms with E-state index in [9.17, 15) is 14.7 Å². The van der Waals surface area contributed by atoms with Crippen molar-refractivity contribution in [3.63, 3.8) is 0 Å². The Hall–Kier alpha value is -3.18. The van der Waals surface area contributed by atoms with Gasteiger partial charge in [0.2, 0.25) is 0 Å². The maximum Gasteiger partial charge on any atom is 0.306 e. The van der Waals surface area contributed by atoms with Crippen LogP contribution in [0.5, 0.6) is 0 Å². The Morgan fingerprint density at radius 1 is 0.522 bits per heavy atom. The number of carbonyl (C=O) groups excluding carboxylic acids is 2. The number of hydrogen-bond acceptors (Lipinski definition) is 5. The number of hydrogen-bond donors (Lipinski definition) is 1. The molecular formula is C41H64O5. The van der Waals surface area contributed by atoms with Gasteiger partial charge in [-0.25, -0.2) is 0 Å². The van der Waals surface area contributed by atoms with E-state index in [1.807, 2.05) is 54.7 Å². The van der Waals surface area contributed by atoms with Crippen molar-refractivity contribution in [3.05, 3.63) is 97.2 Å². The van der Waals surface area contributed by atoms with E-state index in [-0.39, 0.29) is 31.6 Å². The second kappa shape index (κ2) is 36.3. The van der Waals surface area contributed by atoms with E-state index in [4.69, 9.17) is 9.47 Å². The van der Waals surface area contributed by atoms with E-state index in [0.29, 0.717) is 12.8 Å². The Morgan fingerprint density at radius 2 is 1.00 bits per heavy atom. The van der Waals surface area contributed by atoms with Crippen molar-refractivity contribution in [2.24, 2.45) is 0 Å². The lowest BCUT2D eigenvalue weighted by Gasteiger charge is -2.15. The van der Waals surface area contributed by atoms with Crippen LogP contribution in [0, 0.1) is 0 Å². The van der Waals surface area contributed by atoms with Crippen molar-refractivity contribution in [2.45, 2.75) is 136 Å². The molecule has 5 heteroatoms. The second-order valence-corrected chi connectivity index (χ2v) is 11.3. The molecule has 0 heterocycles. The van der Waals surface area contributed by atoms with Crippen molar-refractivity contribution >= 4 is 11.9 Å². The number of ether oxygens (including phenoxy) is 2. The zero-order valence-corrected chi connectivity index (χ0v) is 29.0. The van der Waals surface area contributed by atoms with E-state index in [2.05, 4.69) is 56.4 Å². The van der Waals surface area contributed by atoms with Crippen LogP contribution in [0.2, 0.25) is 0 Å². The van der Waals surface area contributed by atoms with Crippen LogP contribution >= 0.6 is 0 Å². The molecular weight excluding hydrogens is 572 g/mol. The highest BCUT2D eigenvalue weighted by Crippen LogP contribution is 2.12. The van der Waals surface area contributed by atoms with E-state index >= 15 is 0 Å². The van der Waals surface area contributed by atoms with Crippen molar-refractivity contribution in [1.29, 1.82) is 0 Å². The van der Waals surface area contributed by atoms with Crippen LogP contribution in [0.15, 0.2) is 97.2 Å². The molecule has 46 heavy (non-hydrogen) atoms. The van der Waals surface area contributed by atoms with Crippen LogP contribution in [0.3, 0.4) is 0 Å². The van der Waals surface area contributed by atoms with Gasteiger partial charge in [-0.05, 0) is 57.8 Å². The third-order valence-corrected chi connectivity index (χ3v) is 7.00. The molecule has 1 atom stereocenters. The third kappa shape index (κ3) is 33.7. The minimum atomic E-state index is -0.808. The molecule has 0 aromatic rings. The lowest BCUT2D eigenvalue weighted by atomic mass is 10.1. The molecule has 258 valence electrons. The van der Waals surface area contributed by atoms with E-state index in [0.717, 1.165) is 51.4 Å². The van der Waals surface area contributed by atoms with Gasteiger partial charge in [0.05, 0.1) is 6.61 Å². The summed E-state index contributed by atoms with van der Waals surface area (Å²) in [6, 6.07) is 0. The Labute approximate surface area is 281 Å². The summed E-state index contributed by atoms with van der Waals surface area (Å²) in [5, 5.41) is 9.52. The number of allylic oxidation sites excluding steroid dienone is 16. The molecule has 0 saturated heterocycles. The van der Waals surface area contributed by atoms with Gasteiger partial charge in [0.25, 0.3) is 0 Å². The van der Waals surface area contributed by atoms with Crippen LogP contribution in [-0.4, -0.2) is 36.4 Å². The number of rotatable bonds is 30. The first-order valence-electron chi connectivity index (χ1n) is 17.9. The van der Waals surface area contributed by atoms with Crippen LogP contribution in [0.4, 0.5) is 0 Å². The predicted molar refractivity (Wildman–Crippen MR) is 195 cm³/mol. The monoisotopic (exact) mass is 636 g/mol. The molecule has 0 spiro atoms. The topological polar surface area (TPSA) is 72.8 Å². The molecule has 0 aromatic carbocycles. The number of esters is 2. The summed E-state index contributed by atoms with van der Waals surface area (Å²) < 4.78 is 10.5. The number of aliphatic hydroxyl groups excluding tert-OH is 1. The smallest absolute Gasteiger partial charge is 0.306 e. The van der Waals surface area contributed by atoms with E-state index in [1.165, 1.54) is 44.9 Å². The fourth-order valence-electron chi connectivity index (χ4n) is 4.36. The minimum Gasteiger partial charge on any atom is -0.462 e. The predicted octanol–water partition coefficient (Wildman–Crippen LogP) is 10.9. The Bertz CT molecular complexity index is 948. The zero-order valence-electron chi connectivity index (χ0n) is 29.0. The van der Waals surface area contributed by atoms with Gasteiger partial charge in [-0.2, -0.15) is 0 Å². The molecule has 1 unspecified atom stereocenters. The number of carbonyl (C=O) groups is 2. The molecule has 0 bridgehead atoms. The van der Waals surface area contributed by atoms with Gasteiger partial charge in [0.15, 0.2) is 6.10 Å². The summed E-state index contributed by atoms with van der Waals surface area (Å²) >= 11 is 0. The molecule has 1 N–H and O–H groups in total. The molecule has 0 aromatic heterocycles. The SMILES string of the molecule is CC/C=C/C=C/C=C/C=C/C=C/CCCC(=O)OCC(CO)OC(=O)CCCCCCCCCCC/C=C/C/C=C/C/C=C/CC. The fourth-order valence-corrected chi connectivity index (χ4v) is 4.36. The molecule has 5 nitrogen and oxygen atoms in total. The highest BCUT2D eigenvalue weighted by molar-refractivity contribution is 5.70. The lowest BCUT2D eigenvalue weighted by molar-refractivity contribution is -0.161. The average molecular weight is 637 g/mol. The van der Waals surface area contributed by atoms with Crippen molar-refractivity contribution in [1.82, 2.24) is 0 Å². The zero-order chi connectivity index (χ0) is 33.6. The minimum absolute atomic E-state index is 0.112. The molecule has 0 radical (unpaired) electrons. The van der Waals surface area contributed by atoms with Gasteiger partial charge in [-0.3, -0.25) is 9.59 Å². The van der Waals surface area contributed by atoms with Crippen molar-refractivity contribution in [3.8, 4) is 0 Å². The summed E-state index contributed by atoms with van der Waals surface area (Å²) in [7, 11) is 0. The maximum absolute atomic E-state index is 12.1. The van der Waals surface area contributed by atoms with E-state index < -0.39 is 6.10 Å². The molecule has 0 saturated carbocycles. The van der Waals surface area contributed by atoms with Crippen LogP contribution in [-0.2, 0) is 19.1 Å². The van der Waals surface area contributed by atoms with Gasteiger partial charge in [0, 0.05) is 12.8 Å². The van der Waals surface area contributed by atoms with Gasteiger partial charge in [-0.1, -0.05) is 156 Å². The summed E-state index contributed by atoms with van der Waals surface area (Å²) in [6.45, 7) is 3.78. The number of unbranched alkanes of at least 4 members (excludes halogenated alkanes) is 10. The standard InChI is InChI=1S/C41H64O5/c1-3-5-7-9-11-13-15-17-18-19-20-21-22-24-26-28-30-32-34-36-41(44)46-39(37-42)38-45-40(43)35-33-31-29-27-25-23-16-14-12-10-8-6-4-2/h5-8,10-14,16-18,23,25,27,29,39,42H,3-4,9,15,19-22,24,26,28,30-38H2,1-2H3/b7-5+,8-6+,12-10+,13-11+,16-14+,18-17+,25-23+,29-27+. The normalized spacial score (nSPS) is 13.4. The summed E-state index contributed by atoms with van der Waals surface area (Å²) in [4.78, 5) is 24.1. The number of aliphatic hydroxyl groups is 1. The molecule has 0 amide bonds. The van der Waals surface area contributed by atoms with Crippen molar-refractivity contribution in [2.75, 3.05) is 13.2 Å². The Morgan fingerprint density at radius 3 is 1.61 bits per heavy atom. The quantitative estimate of drug-likeness (QED) is 0.0367. The average Bonchev–Trinajstić information content (AvgIpc) is 3.06. The second-order valence-electron chi connectivity index (χ2n) is 11.3. The van der Waals surface area contributed by atoms with Gasteiger partial charge in [-0.15, -0.1) is 0 Å². The molecule has 0 rings (SSSR count). The Kier molecular flexibility index (Phi) is 33.8. The summed E-state index contributed by atoms with van der Waals surface area (Å²) in [6.07, 6.45) is 50.4. The molecule has 0 aliphatic rings. The van der Waals surface area contributed by atoms with Crippen LogP contribution in [0.25, 0.3) is 0 Å². The van der Waals surface area contributed by atoms with Crippen LogP contribution < -0.4 is 0 Å². The van der Waals surface area contributed by atoms with Crippen molar-refractivity contribution < 1.29 is 24.2 Å². The highest BCUT2D eigenvalue weighted by atomic mass is 16.6. The van der Waals surface area contributed by atoms with Gasteiger partial charge in [0.1, 0.15) is 6.61 Å². The fraction of sp³-hybridized carbons (Fsp3) is 0.561. The van der Waals surface area contributed by atoms with E-state index in [1.54, 1.807) is 0 Å². The summed E-state index contributed by atoms with van der Waals surface area (Å²) in [5.41, 5.74) is 0. The first kappa shape index (κ1) is 42.8. The summed E-state index contributed by atoms with van der Waals surface area (Å²) in [5.74, 6) is -0.696.